The van der Waals surface area contributed by atoms with Gasteiger partial charge < -0.3 is 16.0 Å². The molecule has 0 saturated carbocycles. The monoisotopic (exact) mass is 153 g/mol. The van der Waals surface area contributed by atoms with Crippen molar-refractivity contribution in [3.8, 4) is 0 Å². The molecule has 0 spiro atoms. The lowest BCUT2D eigenvalue weighted by atomic mass is 10.2. The summed E-state index contributed by atoms with van der Waals surface area (Å²) >= 11 is 0. The molecule has 4 N–H and O–H groups in total. The van der Waals surface area contributed by atoms with Gasteiger partial charge in [-0.1, -0.05) is 0 Å². The zero-order valence-corrected chi connectivity index (χ0v) is 6.59. The van der Waals surface area contributed by atoms with E-state index in [0.717, 1.165) is 5.56 Å². The molecule has 0 radical (unpaired) electrons. The van der Waals surface area contributed by atoms with Crippen LogP contribution >= 0.6 is 0 Å². The first kappa shape index (κ1) is 7.65. The topological polar surface area (TPSA) is 74.0 Å². The van der Waals surface area contributed by atoms with Crippen molar-refractivity contribution in [1.29, 1.82) is 0 Å². The molecule has 1 heterocycles. The molecule has 0 fully saturated rings. The zero-order chi connectivity index (χ0) is 8.59. The number of anilines is 1. The lowest BCUT2D eigenvalue weighted by molar-refractivity contribution is 0.100. The van der Waals surface area contributed by atoms with Gasteiger partial charge in [0.15, 0.2) is 0 Å². The number of hydrogen-bond donors (Lipinski definition) is 2. The van der Waals surface area contributed by atoms with E-state index in [-0.39, 0.29) is 0 Å². The average molecular weight is 153 g/mol. The van der Waals surface area contributed by atoms with Crippen molar-refractivity contribution in [2.75, 3.05) is 5.73 Å². The van der Waals surface area contributed by atoms with Gasteiger partial charge in [-0.2, -0.15) is 0 Å². The fraction of sp³-hybridized carbons (Fsp3) is 0.286. The second kappa shape index (κ2) is 2.30. The highest BCUT2D eigenvalue weighted by molar-refractivity contribution is 5.99. The van der Waals surface area contributed by atoms with Crippen molar-refractivity contribution in [2.24, 2.45) is 12.8 Å². The molecule has 1 aromatic rings. The highest BCUT2D eigenvalue weighted by Gasteiger charge is 2.12. The van der Waals surface area contributed by atoms with Gasteiger partial charge in [-0.05, 0) is 12.5 Å². The van der Waals surface area contributed by atoms with Crippen LogP contribution in [-0.4, -0.2) is 10.5 Å². The van der Waals surface area contributed by atoms with Gasteiger partial charge in [-0.3, -0.25) is 4.79 Å². The summed E-state index contributed by atoms with van der Waals surface area (Å²) in [7, 11) is 1.77. The van der Waals surface area contributed by atoms with E-state index in [0.29, 0.717) is 11.4 Å². The Balaban J connectivity index is 3.34. The second-order valence-electron chi connectivity index (χ2n) is 2.55. The number of hydrogen-bond acceptors (Lipinski definition) is 2. The van der Waals surface area contributed by atoms with Crippen molar-refractivity contribution in [3.63, 3.8) is 0 Å². The highest BCUT2D eigenvalue weighted by atomic mass is 16.1. The van der Waals surface area contributed by atoms with E-state index in [1.165, 1.54) is 0 Å². The Bertz CT molecular complexity index is 301. The van der Waals surface area contributed by atoms with Gasteiger partial charge in [0.25, 0.3) is 5.91 Å². The Hall–Kier alpha value is -1.45. The number of nitrogens with two attached hydrogens (primary N) is 2. The Labute approximate surface area is 64.8 Å². The minimum atomic E-state index is -0.472. The van der Waals surface area contributed by atoms with Crippen LogP contribution in [0.4, 0.5) is 5.82 Å². The number of primary amides is 1. The van der Waals surface area contributed by atoms with E-state index < -0.39 is 5.91 Å². The molecule has 0 saturated heterocycles. The normalized spacial score (nSPS) is 10.0. The molecule has 0 aliphatic rings. The first-order chi connectivity index (χ1) is 5.04. The Morgan fingerprint density at radius 2 is 2.18 bits per heavy atom. The van der Waals surface area contributed by atoms with E-state index in [1.807, 2.05) is 0 Å². The highest BCUT2D eigenvalue weighted by Crippen LogP contribution is 2.16. The molecule has 0 aliphatic carbocycles. The number of carbonyl (C=O) groups is 1. The van der Waals surface area contributed by atoms with Crippen molar-refractivity contribution in [1.82, 2.24) is 4.57 Å². The Morgan fingerprint density at radius 3 is 2.36 bits per heavy atom. The van der Waals surface area contributed by atoms with Gasteiger partial charge in [0.2, 0.25) is 0 Å². The van der Waals surface area contributed by atoms with Crippen LogP contribution in [0, 0.1) is 6.92 Å². The lowest BCUT2D eigenvalue weighted by Gasteiger charge is -1.96. The summed E-state index contributed by atoms with van der Waals surface area (Å²) in [5.74, 6) is -0.0457. The zero-order valence-electron chi connectivity index (χ0n) is 6.59. The summed E-state index contributed by atoms with van der Waals surface area (Å²) in [6.07, 6.45) is 1.77. The first-order valence-corrected chi connectivity index (χ1v) is 3.25. The maximum atomic E-state index is 10.8. The summed E-state index contributed by atoms with van der Waals surface area (Å²) in [5, 5.41) is 0. The first-order valence-electron chi connectivity index (χ1n) is 3.25. The summed E-state index contributed by atoms with van der Waals surface area (Å²) in [4.78, 5) is 10.8. The SMILES string of the molecule is Cc1cn(C)c(N)c1C(N)=O. The summed E-state index contributed by atoms with van der Waals surface area (Å²) in [5.41, 5.74) is 11.9. The minimum absolute atomic E-state index is 0.424. The Morgan fingerprint density at radius 1 is 1.64 bits per heavy atom. The fourth-order valence-electron chi connectivity index (χ4n) is 1.12. The maximum absolute atomic E-state index is 10.8. The largest absolute Gasteiger partial charge is 0.384 e. The number of nitrogens with zero attached hydrogens (tertiary/aromatic N) is 1. The van der Waals surface area contributed by atoms with Crippen molar-refractivity contribution >= 4 is 11.7 Å². The van der Waals surface area contributed by atoms with E-state index in [9.17, 15) is 4.79 Å². The van der Waals surface area contributed by atoms with E-state index in [2.05, 4.69) is 0 Å². The number of aryl methyl sites for hydroxylation is 2. The van der Waals surface area contributed by atoms with Gasteiger partial charge in [-0.15, -0.1) is 0 Å². The van der Waals surface area contributed by atoms with Crippen LogP contribution in [0.25, 0.3) is 0 Å². The van der Waals surface area contributed by atoms with Crippen LogP contribution < -0.4 is 11.5 Å². The molecule has 0 atom stereocenters. The standard InChI is InChI=1S/C7H11N3O/c1-4-3-10(2)6(8)5(4)7(9)11/h3H,8H2,1-2H3,(H2,9,11). The van der Waals surface area contributed by atoms with Crippen molar-refractivity contribution in [2.45, 2.75) is 6.92 Å². The third kappa shape index (κ3) is 1.07. The van der Waals surface area contributed by atoms with Crippen LogP contribution in [0.5, 0.6) is 0 Å². The third-order valence-electron chi connectivity index (χ3n) is 1.66. The smallest absolute Gasteiger partial charge is 0.252 e. The molecule has 0 unspecified atom stereocenters. The maximum Gasteiger partial charge on any atom is 0.252 e. The van der Waals surface area contributed by atoms with E-state index in [1.54, 1.807) is 24.7 Å². The van der Waals surface area contributed by atoms with Gasteiger partial charge in [-0.25, -0.2) is 0 Å². The van der Waals surface area contributed by atoms with E-state index in [4.69, 9.17) is 11.5 Å². The third-order valence-corrected chi connectivity index (χ3v) is 1.66. The molecule has 1 amide bonds. The number of aromatic nitrogens is 1. The number of carbonyl (C=O) groups excluding carboxylic acids is 1. The fourth-order valence-corrected chi connectivity index (χ4v) is 1.12. The van der Waals surface area contributed by atoms with E-state index >= 15 is 0 Å². The molecule has 11 heavy (non-hydrogen) atoms. The number of rotatable bonds is 1. The molecular formula is C7H11N3O. The molecule has 0 aliphatic heterocycles. The number of amides is 1. The lowest BCUT2D eigenvalue weighted by Crippen LogP contribution is -2.14. The summed E-state index contributed by atoms with van der Waals surface area (Å²) in [6.45, 7) is 1.80. The molecular weight excluding hydrogens is 142 g/mol. The Kier molecular flexibility index (Phi) is 1.60. The van der Waals surface area contributed by atoms with Gasteiger partial charge in [0.05, 0.1) is 5.56 Å². The minimum Gasteiger partial charge on any atom is -0.384 e. The second-order valence-corrected chi connectivity index (χ2v) is 2.55. The molecule has 0 aromatic carbocycles. The molecule has 1 aromatic heterocycles. The molecule has 0 bridgehead atoms. The predicted molar refractivity (Wildman–Crippen MR) is 43.1 cm³/mol. The average Bonchev–Trinajstić information content (AvgIpc) is 2.07. The number of nitrogen functional groups attached to an aromatic ring is 1. The van der Waals surface area contributed by atoms with Crippen LogP contribution in [0.2, 0.25) is 0 Å². The van der Waals surface area contributed by atoms with Crippen LogP contribution in [-0.2, 0) is 7.05 Å². The van der Waals surface area contributed by atoms with Crippen LogP contribution in [0.1, 0.15) is 15.9 Å². The summed E-state index contributed by atoms with van der Waals surface area (Å²) < 4.78 is 1.68. The van der Waals surface area contributed by atoms with Crippen LogP contribution in [0.3, 0.4) is 0 Å². The van der Waals surface area contributed by atoms with Crippen LogP contribution in [0.15, 0.2) is 6.20 Å². The molecule has 1 rings (SSSR count). The predicted octanol–water partition coefficient (Wildman–Crippen LogP) is 0.0146. The molecule has 4 heteroatoms. The quantitative estimate of drug-likeness (QED) is 0.596. The van der Waals surface area contributed by atoms with Crippen molar-refractivity contribution in [3.05, 3.63) is 17.3 Å². The molecule has 60 valence electrons. The van der Waals surface area contributed by atoms with Crippen molar-refractivity contribution < 1.29 is 4.79 Å². The van der Waals surface area contributed by atoms with Gasteiger partial charge in [0, 0.05) is 13.2 Å². The summed E-state index contributed by atoms with van der Waals surface area (Å²) in [6, 6.07) is 0. The molecule has 4 nitrogen and oxygen atoms in total. The van der Waals surface area contributed by atoms with Gasteiger partial charge in [0.1, 0.15) is 5.82 Å². The van der Waals surface area contributed by atoms with Gasteiger partial charge >= 0.3 is 0 Å².